The number of rotatable bonds is 6. The predicted molar refractivity (Wildman–Crippen MR) is 78.4 cm³/mol. The van der Waals surface area contributed by atoms with E-state index in [1.54, 1.807) is 20.3 Å². The van der Waals surface area contributed by atoms with Crippen LogP contribution in [0.1, 0.15) is 12.8 Å². The summed E-state index contributed by atoms with van der Waals surface area (Å²) < 4.78 is 9.94. The highest BCUT2D eigenvalue weighted by Gasteiger charge is 2.26. The highest BCUT2D eigenvalue weighted by Crippen LogP contribution is 2.22. The molecule has 1 N–H and O–H groups in total. The van der Waals surface area contributed by atoms with Gasteiger partial charge in [0.1, 0.15) is 0 Å². The molecular formula is C14H22N4O3. The van der Waals surface area contributed by atoms with Crippen molar-refractivity contribution < 1.29 is 14.3 Å². The molecule has 2 rings (SSSR count). The molecule has 21 heavy (non-hydrogen) atoms. The Hall–Kier alpha value is -1.89. The Kier molecular flexibility index (Phi) is 5.74. The highest BCUT2D eigenvalue weighted by molar-refractivity contribution is 5.79. The van der Waals surface area contributed by atoms with Gasteiger partial charge in [0.15, 0.2) is 5.82 Å². The molecule has 0 bridgehead atoms. The normalized spacial score (nSPS) is 18.4. The van der Waals surface area contributed by atoms with Crippen molar-refractivity contribution in [1.82, 2.24) is 15.5 Å². The zero-order chi connectivity index (χ0) is 15.1. The van der Waals surface area contributed by atoms with Crippen LogP contribution in [0.25, 0.3) is 0 Å². The average Bonchev–Trinajstić information content (AvgIpc) is 2.55. The van der Waals surface area contributed by atoms with Crippen molar-refractivity contribution in [3.05, 3.63) is 12.1 Å². The van der Waals surface area contributed by atoms with Crippen molar-refractivity contribution in [2.24, 2.45) is 5.92 Å². The minimum atomic E-state index is -0.0143. The predicted octanol–water partition coefficient (Wildman–Crippen LogP) is 0.464. The van der Waals surface area contributed by atoms with Crippen molar-refractivity contribution in [3.8, 4) is 5.88 Å². The Morgan fingerprint density at radius 1 is 1.43 bits per heavy atom. The van der Waals surface area contributed by atoms with E-state index in [9.17, 15) is 4.79 Å². The summed E-state index contributed by atoms with van der Waals surface area (Å²) in [7, 11) is 3.18. The van der Waals surface area contributed by atoms with Gasteiger partial charge in [-0.3, -0.25) is 4.79 Å². The maximum absolute atomic E-state index is 12.1. The monoisotopic (exact) mass is 294 g/mol. The lowest BCUT2D eigenvalue weighted by molar-refractivity contribution is -0.125. The SMILES string of the molecule is COCCNC(=O)[C@@H]1CCCN(c2ccc(OC)nn2)C1. The first kappa shape index (κ1) is 15.5. The van der Waals surface area contributed by atoms with Gasteiger partial charge in [-0.15, -0.1) is 10.2 Å². The third-order valence-electron chi connectivity index (χ3n) is 3.56. The van der Waals surface area contributed by atoms with E-state index in [2.05, 4.69) is 20.4 Å². The summed E-state index contributed by atoms with van der Waals surface area (Å²) in [6.07, 6.45) is 1.87. The smallest absolute Gasteiger partial charge is 0.233 e. The molecule has 116 valence electrons. The van der Waals surface area contributed by atoms with Crippen LogP contribution in [-0.2, 0) is 9.53 Å². The lowest BCUT2D eigenvalue weighted by atomic mass is 9.97. The second-order valence-corrected chi connectivity index (χ2v) is 5.00. The number of carbonyl (C=O) groups excluding carboxylic acids is 1. The number of amides is 1. The van der Waals surface area contributed by atoms with Gasteiger partial charge in [-0.2, -0.15) is 0 Å². The second-order valence-electron chi connectivity index (χ2n) is 5.00. The van der Waals surface area contributed by atoms with Crippen molar-refractivity contribution in [3.63, 3.8) is 0 Å². The standard InChI is InChI=1S/C14H22N4O3/c1-20-9-7-15-14(19)11-4-3-8-18(10-11)12-5-6-13(21-2)17-16-12/h5-6,11H,3-4,7-10H2,1-2H3,(H,15,19)/t11-/m1/s1. The molecular weight excluding hydrogens is 272 g/mol. The molecule has 1 aromatic heterocycles. The van der Waals surface area contributed by atoms with E-state index in [1.165, 1.54) is 0 Å². The van der Waals surface area contributed by atoms with Gasteiger partial charge < -0.3 is 19.7 Å². The van der Waals surface area contributed by atoms with Crippen LogP contribution in [0.5, 0.6) is 5.88 Å². The molecule has 1 amide bonds. The molecule has 0 aromatic carbocycles. The van der Waals surface area contributed by atoms with E-state index in [1.807, 2.05) is 6.07 Å². The Labute approximate surface area is 124 Å². The number of ether oxygens (including phenoxy) is 2. The molecule has 2 heterocycles. The fourth-order valence-corrected chi connectivity index (χ4v) is 2.41. The van der Waals surface area contributed by atoms with Crippen molar-refractivity contribution in [1.29, 1.82) is 0 Å². The Morgan fingerprint density at radius 3 is 2.95 bits per heavy atom. The zero-order valence-electron chi connectivity index (χ0n) is 12.5. The molecule has 0 saturated carbocycles. The lowest BCUT2D eigenvalue weighted by Crippen LogP contribution is -2.44. The molecule has 1 aromatic rings. The minimum Gasteiger partial charge on any atom is -0.480 e. The van der Waals surface area contributed by atoms with Crippen molar-refractivity contribution >= 4 is 11.7 Å². The second kappa shape index (κ2) is 7.78. The van der Waals surface area contributed by atoms with Gasteiger partial charge in [-0.1, -0.05) is 0 Å². The number of hydrogen-bond donors (Lipinski definition) is 1. The molecule has 1 atom stereocenters. The molecule has 7 heteroatoms. The number of carbonyl (C=O) groups is 1. The van der Waals surface area contributed by atoms with Crippen LogP contribution in [-0.4, -0.2) is 56.6 Å². The van der Waals surface area contributed by atoms with E-state index >= 15 is 0 Å². The molecule has 1 fully saturated rings. The highest BCUT2D eigenvalue weighted by atomic mass is 16.5. The van der Waals surface area contributed by atoms with E-state index in [0.29, 0.717) is 25.6 Å². The van der Waals surface area contributed by atoms with Crippen LogP contribution in [0, 0.1) is 5.92 Å². The van der Waals surface area contributed by atoms with Gasteiger partial charge in [0, 0.05) is 32.8 Å². The van der Waals surface area contributed by atoms with Gasteiger partial charge in [0.2, 0.25) is 11.8 Å². The van der Waals surface area contributed by atoms with Crippen LogP contribution in [0.3, 0.4) is 0 Å². The number of methoxy groups -OCH3 is 2. The lowest BCUT2D eigenvalue weighted by Gasteiger charge is -2.32. The Morgan fingerprint density at radius 2 is 2.29 bits per heavy atom. The fourth-order valence-electron chi connectivity index (χ4n) is 2.41. The van der Waals surface area contributed by atoms with Gasteiger partial charge in [0.05, 0.1) is 19.6 Å². The maximum Gasteiger partial charge on any atom is 0.233 e. The first-order chi connectivity index (χ1) is 10.2. The summed E-state index contributed by atoms with van der Waals surface area (Å²) in [5, 5.41) is 11.0. The minimum absolute atomic E-state index is 0.0143. The third-order valence-corrected chi connectivity index (χ3v) is 3.56. The van der Waals surface area contributed by atoms with Gasteiger partial charge in [0.25, 0.3) is 0 Å². The summed E-state index contributed by atoms with van der Waals surface area (Å²) >= 11 is 0. The largest absolute Gasteiger partial charge is 0.480 e. The first-order valence-electron chi connectivity index (χ1n) is 7.14. The van der Waals surface area contributed by atoms with Gasteiger partial charge in [-0.25, -0.2) is 0 Å². The number of piperidine rings is 1. The van der Waals surface area contributed by atoms with Crippen LogP contribution >= 0.6 is 0 Å². The first-order valence-corrected chi connectivity index (χ1v) is 7.14. The molecule has 7 nitrogen and oxygen atoms in total. The summed E-state index contributed by atoms with van der Waals surface area (Å²) in [5.74, 6) is 1.34. The number of anilines is 1. The van der Waals surface area contributed by atoms with E-state index in [0.717, 1.165) is 25.2 Å². The third kappa shape index (κ3) is 4.29. The Balaban J connectivity index is 1.91. The number of hydrogen-bond acceptors (Lipinski definition) is 6. The van der Waals surface area contributed by atoms with E-state index in [-0.39, 0.29) is 11.8 Å². The van der Waals surface area contributed by atoms with Crippen molar-refractivity contribution in [2.75, 3.05) is 45.4 Å². The number of nitrogens with one attached hydrogen (secondary N) is 1. The molecule has 0 spiro atoms. The van der Waals surface area contributed by atoms with Crippen LogP contribution in [0.2, 0.25) is 0 Å². The zero-order valence-corrected chi connectivity index (χ0v) is 12.5. The molecule has 1 saturated heterocycles. The molecule has 1 aliphatic heterocycles. The number of aromatic nitrogens is 2. The van der Waals surface area contributed by atoms with Gasteiger partial charge in [-0.05, 0) is 18.9 Å². The quantitative estimate of drug-likeness (QED) is 0.768. The van der Waals surface area contributed by atoms with E-state index < -0.39 is 0 Å². The maximum atomic E-state index is 12.1. The summed E-state index contributed by atoms with van der Waals surface area (Å²) in [4.78, 5) is 14.2. The van der Waals surface area contributed by atoms with Crippen LogP contribution < -0.4 is 15.0 Å². The van der Waals surface area contributed by atoms with E-state index in [4.69, 9.17) is 9.47 Å². The molecule has 0 radical (unpaired) electrons. The summed E-state index contributed by atoms with van der Waals surface area (Å²) in [6.45, 7) is 2.64. The average molecular weight is 294 g/mol. The fraction of sp³-hybridized carbons (Fsp3) is 0.643. The van der Waals surface area contributed by atoms with Crippen LogP contribution in [0.4, 0.5) is 5.82 Å². The van der Waals surface area contributed by atoms with Crippen molar-refractivity contribution in [2.45, 2.75) is 12.8 Å². The number of nitrogens with zero attached hydrogens (tertiary/aromatic N) is 3. The molecule has 0 aliphatic carbocycles. The molecule has 1 aliphatic rings. The summed E-state index contributed by atoms with van der Waals surface area (Å²) in [6, 6.07) is 3.65. The topological polar surface area (TPSA) is 76.6 Å². The van der Waals surface area contributed by atoms with Gasteiger partial charge >= 0.3 is 0 Å². The van der Waals surface area contributed by atoms with Crippen LogP contribution in [0.15, 0.2) is 12.1 Å². The summed E-state index contributed by atoms with van der Waals surface area (Å²) in [5.41, 5.74) is 0. The molecule has 0 unspecified atom stereocenters. The Bertz CT molecular complexity index is 452.